The minimum Gasteiger partial charge on any atom is -0.206 e. The molecule has 0 aromatic heterocycles. The molecule has 140 valence electrons. The Morgan fingerprint density at radius 1 is 1.00 bits per heavy atom. The van der Waals surface area contributed by atoms with E-state index in [1.165, 1.54) is 37.8 Å². The molecule has 0 atom stereocenters. The molecule has 0 unspecified atom stereocenters. The van der Waals surface area contributed by atoms with Crippen LogP contribution in [0.15, 0.2) is 42.5 Å². The first-order valence-electron chi connectivity index (χ1n) is 9.35. The van der Waals surface area contributed by atoms with Crippen LogP contribution in [-0.2, 0) is 4.83 Å². The third-order valence-electron chi connectivity index (χ3n) is 5.53. The summed E-state index contributed by atoms with van der Waals surface area (Å²) in [7, 11) is 0. The highest BCUT2D eigenvalue weighted by Crippen LogP contribution is 2.39. The third-order valence-corrected chi connectivity index (χ3v) is 5.99. The van der Waals surface area contributed by atoms with E-state index in [1.54, 1.807) is 24.3 Å². The van der Waals surface area contributed by atoms with Gasteiger partial charge in [-0.2, -0.15) is 8.78 Å². The Bertz CT molecular complexity index is 726. The van der Waals surface area contributed by atoms with Crippen molar-refractivity contribution in [3.8, 4) is 11.1 Å². The molecular weight excluding hydrogens is 401 g/mol. The predicted octanol–water partition coefficient (Wildman–Crippen LogP) is 8.01. The molecule has 3 rings (SSSR count). The summed E-state index contributed by atoms with van der Waals surface area (Å²) >= 11 is 2.34. The number of alkyl halides is 3. The molecule has 1 aliphatic rings. The molecule has 0 heterocycles. The van der Waals surface area contributed by atoms with Crippen LogP contribution < -0.4 is 0 Å². The topological polar surface area (TPSA) is 0 Å². The lowest BCUT2D eigenvalue weighted by Gasteiger charge is -2.28. The van der Waals surface area contributed by atoms with Crippen LogP contribution in [0.4, 0.5) is 13.2 Å². The molecule has 0 nitrogen and oxygen atoms in total. The second-order valence-corrected chi connectivity index (χ2v) is 8.32. The molecule has 0 aliphatic heterocycles. The fourth-order valence-electron chi connectivity index (χ4n) is 4.05. The van der Waals surface area contributed by atoms with E-state index in [-0.39, 0.29) is 11.4 Å². The van der Waals surface area contributed by atoms with Crippen molar-refractivity contribution in [2.75, 3.05) is 0 Å². The molecule has 0 amide bonds. The summed E-state index contributed by atoms with van der Waals surface area (Å²) in [6.07, 6.45) is 7.23. The molecule has 26 heavy (non-hydrogen) atoms. The van der Waals surface area contributed by atoms with E-state index in [9.17, 15) is 13.2 Å². The number of halogens is 4. The van der Waals surface area contributed by atoms with Crippen molar-refractivity contribution in [1.29, 1.82) is 0 Å². The van der Waals surface area contributed by atoms with Crippen LogP contribution in [0.3, 0.4) is 0 Å². The predicted molar refractivity (Wildman–Crippen MR) is 104 cm³/mol. The van der Waals surface area contributed by atoms with Crippen molar-refractivity contribution in [1.82, 2.24) is 0 Å². The monoisotopic (exact) mass is 424 g/mol. The van der Waals surface area contributed by atoms with E-state index in [0.717, 1.165) is 24.3 Å². The molecule has 0 N–H and O–H groups in total. The molecule has 0 radical (unpaired) electrons. The van der Waals surface area contributed by atoms with Crippen LogP contribution >= 0.6 is 15.9 Å². The maximum absolute atomic E-state index is 14.7. The fraction of sp³-hybridized carbons (Fsp3) is 0.455. The Hall–Kier alpha value is -1.29. The minimum absolute atomic E-state index is 0.137. The molecule has 1 fully saturated rings. The maximum atomic E-state index is 14.7. The van der Waals surface area contributed by atoms with Crippen LogP contribution in [-0.4, -0.2) is 0 Å². The van der Waals surface area contributed by atoms with Gasteiger partial charge in [-0.25, -0.2) is 4.39 Å². The zero-order chi connectivity index (χ0) is 18.7. The maximum Gasteiger partial charge on any atom is 0.326 e. The Morgan fingerprint density at radius 2 is 1.65 bits per heavy atom. The minimum atomic E-state index is -3.06. The van der Waals surface area contributed by atoms with Crippen molar-refractivity contribution < 1.29 is 13.2 Å². The van der Waals surface area contributed by atoms with Gasteiger partial charge in [-0.15, -0.1) is 0 Å². The van der Waals surface area contributed by atoms with Crippen molar-refractivity contribution in [3.05, 3.63) is 59.4 Å². The second kappa shape index (κ2) is 8.16. The van der Waals surface area contributed by atoms with E-state index in [2.05, 4.69) is 22.9 Å². The van der Waals surface area contributed by atoms with Crippen LogP contribution in [0, 0.1) is 11.7 Å². The number of rotatable bonds is 5. The Labute approximate surface area is 161 Å². The highest BCUT2D eigenvalue weighted by molar-refractivity contribution is 9.09. The lowest BCUT2D eigenvalue weighted by atomic mass is 9.77. The summed E-state index contributed by atoms with van der Waals surface area (Å²) in [5, 5.41) is 0. The summed E-state index contributed by atoms with van der Waals surface area (Å²) in [6, 6.07) is 11.1. The van der Waals surface area contributed by atoms with Crippen molar-refractivity contribution in [2.45, 2.75) is 56.2 Å². The van der Waals surface area contributed by atoms with Gasteiger partial charge >= 0.3 is 4.83 Å². The Morgan fingerprint density at radius 3 is 2.19 bits per heavy atom. The first-order chi connectivity index (χ1) is 12.4. The lowest BCUT2D eigenvalue weighted by Crippen LogP contribution is -2.13. The average molecular weight is 425 g/mol. The van der Waals surface area contributed by atoms with E-state index in [0.29, 0.717) is 17.0 Å². The molecular formula is C22H24BrF3. The standard InChI is InChI=1S/C22H24BrF3/c1-2-3-15-4-6-16(7-5-15)18-10-13-20(21(24)14-18)17-8-11-19(12-9-17)22(23,25)26/h8-16H,2-7H2,1H3. The van der Waals surface area contributed by atoms with Crippen LogP contribution in [0.5, 0.6) is 0 Å². The summed E-state index contributed by atoms with van der Waals surface area (Å²) in [6.45, 7) is 2.23. The van der Waals surface area contributed by atoms with Gasteiger partial charge in [0.05, 0.1) is 0 Å². The number of benzene rings is 2. The second-order valence-electron chi connectivity index (χ2n) is 7.32. The summed E-state index contributed by atoms with van der Waals surface area (Å²) < 4.78 is 41.2. The van der Waals surface area contributed by atoms with Gasteiger partial charge in [-0.05, 0) is 70.6 Å². The van der Waals surface area contributed by atoms with Gasteiger partial charge in [0.25, 0.3) is 0 Å². The molecule has 1 aliphatic carbocycles. The van der Waals surface area contributed by atoms with Crippen LogP contribution in [0.25, 0.3) is 11.1 Å². The molecule has 1 saturated carbocycles. The summed E-state index contributed by atoms with van der Waals surface area (Å²) in [5.41, 5.74) is 1.99. The van der Waals surface area contributed by atoms with Gasteiger partial charge in [0.15, 0.2) is 0 Å². The van der Waals surface area contributed by atoms with Gasteiger partial charge in [-0.3, -0.25) is 0 Å². The Kier molecular flexibility index (Phi) is 6.11. The van der Waals surface area contributed by atoms with E-state index < -0.39 is 4.83 Å². The number of hydrogen-bond acceptors (Lipinski definition) is 0. The highest BCUT2D eigenvalue weighted by Gasteiger charge is 2.27. The van der Waals surface area contributed by atoms with E-state index >= 15 is 0 Å². The summed E-state index contributed by atoms with van der Waals surface area (Å²) in [5.74, 6) is 0.976. The van der Waals surface area contributed by atoms with Crippen LogP contribution in [0.1, 0.15) is 62.5 Å². The molecule has 0 saturated heterocycles. The van der Waals surface area contributed by atoms with Gasteiger partial charge in [0, 0.05) is 11.1 Å². The number of hydrogen-bond donors (Lipinski definition) is 0. The van der Waals surface area contributed by atoms with Gasteiger partial charge in [0.2, 0.25) is 0 Å². The fourth-order valence-corrected chi connectivity index (χ4v) is 4.32. The zero-order valence-electron chi connectivity index (χ0n) is 15.0. The molecule has 4 heteroatoms. The Balaban J connectivity index is 1.74. The van der Waals surface area contributed by atoms with E-state index in [4.69, 9.17) is 0 Å². The summed E-state index contributed by atoms with van der Waals surface area (Å²) in [4.78, 5) is -3.06. The molecule has 2 aromatic rings. The average Bonchev–Trinajstić information content (AvgIpc) is 2.62. The first-order valence-corrected chi connectivity index (χ1v) is 10.1. The van der Waals surface area contributed by atoms with Crippen LogP contribution in [0.2, 0.25) is 0 Å². The van der Waals surface area contributed by atoms with Crippen molar-refractivity contribution >= 4 is 15.9 Å². The van der Waals surface area contributed by atoms with Crippen molar-refractivity contribution in [3.63, 3.8) is 0 Å². The first kappa shape index (κ1) is 19.5. The zero-order valence-corrected chi connectivity index (χ0v) is 16.5. The van der Waals surface area contributed by atoms with Gasteiger partial charge in [-0.1, -0.05) is 56.2 Å². The van der Waals surface area contributed by atoms with Gasteiger partial charge < -0.3 is 0 Å². The third kappa shape index (κ3) is 4.51. The quantitative estimate of drug-likeness (QED) is 0.426. The molecule has 2 aromatic carbocycles. The lowest BCUT2D eigenvalue weighted by molar-refractivity contribution is 0.114. The molecule has 0 spiro atoms. The smallest absolute Gasteiger partial charge is 0.206 e. The van der Waals surface area contributed by atoms with Crippen molar-refractivity contribution in [2.24, 2.45) is 5.92 Å². The van der Waals surface area contributed by atoms with E-state index in [1.807, 2.05) is 6.07 Å². The van der Waals surface area contributed by atoms with Gasteiger partial charge in [0.1, 0.15) is 5.82 Å². The molecule has 0 bridgehead atoms. The largest absolute Gasteiger partial charge is 0.326 e. The highest BCUT2D eigenvalue weighted by atomic mass is 79.9. The SMILES string of the molecule is CCCC1CCC(c2ccc(-c3ccc(C(F)(F)Br)cc3)c(F)c2)CC1. The normalized spacial score (nSPS) is 21.0.